The number of carbonyl (C=O) groups excluding carboxylic acids is 1. The van der Waals surface area contributed by atoms with Crippen molar-refractivity contribution in [1.29, 1.82) is 0 Å². The number of rotatable bonds is 6. The summed E-state index contributed by atoms with van der Waals surface area (Å²) >= 11 is 6.30. The summed E-state index contributed by atoms with van der Waals surface area (Å²) < 4.78 is 0. The quantitative estimate of drug-likeness (QED) is 0.267. The Morgan fingerprint density at radius 1 is 1.21 bits per heavy atom. The fourth-order valence-corrected chi connectivity index (χ4v) is 4.84. The van der Waals surface area contributed by atoms with Crippen molar-refractivity contribution < 1.29 is 4.79 Å². The lowest BCUT2D eigenvalue weighted by molar-refractivity contribution is -0.117. The Balaban J connectivity index is 1.38. The number of nitrogens with one attached hydrogen (secondary N) is 2. The van der Waals surface area contributed by atoms with E-state index in [0.717, 1.165) is 28.9 Å². The van der Waals surface area contributed by atoms with E-state index in [1.807, 2.05) is 30.3 Å². The van der Waals surface area contributed by atoms with Gasteiger partial charge >= 0.3 is 0 Å². The lowest BCUT2D eigenvalue weighted by Gasteiger charge is -2.25. The van der Waals surface area contributed by atoms with Crippen LogP contribution in [0.1, 0.15) is 24.8 Å². The number of nitrogen functional groups attached to an aromatic ring is 1. The van der Waals surface area contributed by atoms with Crippen LogP contribution in [0, 0.1) is 11.8 Å². The number of hydrogen-bond acceptors (Lipinski definition) is 8. The van der Waals surface area contributed by atoms with Gasteiger partial charge in [0, 0.05) is 37.0 Å². The molecule has 2 atom stereocenters. The molecule has 2 aromatic heterocycles. The molecule has 1 aromatic carbocycles. The van der Waals surface area contributed by atoms with Crippen LogP contribution in [0.3, 0.4) is 0 Å². The average molecular weight is 477 g/mol. The first-order valence-electron chi connectivity index (χ1n) is 10.9. The first kappa shape index (κ1) is 22.0. The number of carbonyl (C=O) groups is 1. The van der Waals surface area contributed by atoms with Crippen LogP contribution >= 0.6 is 11.6 Å². The number of nitrogens with two attached hydrogens (primary N) is 1. The highest BCUT2D eigenvalue weighted by Gasteiger charge is 2.66. The topological polar surface area (TPSA) is 126 Å². The molecule has 0 saturated heterocycles. The largest absolute Gasteiger partial charge is 0.382 e. The normalized spacial score (nSPS) is 19.8. The number of amides is 1. The minimum Gasteiger partial charge on any atom is -0.382 e. The molecule has 1 fully saturated rings. The second-order valence-electron chi connectivity index (χ2n) is 8.56. The Morgan fingerprint density at radius 3 is 2.59 bits per heavy atom. The molecule has 4 N–H and O–H groups in total. The van der Waals surface area contributed by atoms with Crippen molar-refractivity contribution in [3.63, 3.8) is 0 Å². The van der Waals surface area contributed by atoms with Gasteiger partial charge in [-0.15, -0.1) is 4.91 Å². The number of aromatic nitrogens is 2. The summed E-state index contributed by atoms with van der Waals surface area (Å²) in [6.07, 6.45) is 0.785. The molecule has 0 bridgehead atoms. The number of fused-ring (bicyclic) bond motifs is 5. The van der Waals surface area contributed by atoms with Crippen molar-refractivity contribution in [1.82, 2.24) is 9.97 Å². The molecule has 10 heteroatoms. The molecule has 34 heavy (non-hydrogen) atoms. The van der Waals surface area contributed by atoms with Crippen LogP contribution in [0.5, 0.6) is 0 Å². The summed E-state index contributed by atoms with van der Waals surface area (Å²) in [4.78, 5) is 34.0. The van der Waals surface area contributed by atoms with Gasteiger partial charge in [0.15, 0.2) is 11.4 Å². The van der Waals surface area contributed by atoms with Crippen LogP contribution in [0.2, 0.25) is 5.02 Å². The van der Waals surface area contributed by atoms with Gasteiger partial charge in [-0.3, -0.25) is 9.69 Å². The molecule has 9 nitrogen and oxygen atoms in total. The Morgan fingerprint density at radius 2 is 1.91 bits per heavy atom. The zero-order chi connectivity index (χ0) is 24.0. The highest BCUT2D eigenvalue weighted by atomic mass is 35.5. The summed E-state index contributed by atoms with van der Waals surface area (Å²) in [5.41, 5.74) is 8.78. The molecule has 0 spiro atoms. The van der Waals surface area contributed by atoms with Crippen LogP contribution in [0.4, 0.5) is 28.8 Å². The van der Waals surface area contributed by atoms with E-state index in [1.165, 1.54) is 6.07 Å². The van der Waals surface area contributed by atoms with Crippen LogP contribution in [0.15, 0.2) is 47.6 Å². The van der Waals surface area contributed by atoms with E-state index in [0.29, 0.717) is 29.7 Å². The van der Waals surface area contributed by atoms with E-state index in [1.54, 1.807) is 17.9 Å². The van der Waals surface area contributed by atoms with Gasteiger partial charge in [0.05, 0.1) is 24.2 Å². The minimum absolute atomic E-state index is 0.0630. The number of anilines is 4. The zero-order valence-corrected chi connectivity index (χ0v) is 19.3. The van der Waals surface area contributed by atoms with E-state index in [9.17, 15) is 9.70 Å². The van der Waals surface area contributed by atoms with Gasteiger partial charge in [0.2, 0.25) is 5.91 Å². The lowest BCUT2D eigenvalue weighted by atomic mass is 9.99. The maximum atomic E-state index is 12.6. The summed E-state index contributed by atoms with van der Waals surface area (Å²) in [5, 5.41) is 9.90. The molecule has 1 saturated carbocycles. The maximum absolute atomic E-state index is 12.6. The third kappa shape index (κ3) is 3.67. The first-order chi connectivity index (χ1) is 16.3. The van der Waals surface area contributed by atoms with Crippen LogP contribution in [-0.2, 0) is 4.79 Å². The number of nitroso groups, excluding NO2 is 1. The molecule has 5 rings (SSSR count). The highest BCUT2D eigenvalue weighted by molar-refractivity contribution is 6.30. The van der Waals surface area contributed by atoms with E-state index in [-0.39, 0.29) is 23.3 Å². The number of pyridine rings is 2. The van der Waals surface area contributed by atoms with Crippen molar-refractivity contribution in [2.45, 2.75) is 24.8 Å². The van der Waals surface area contributed by atoms with Crippen molar-refractivity contribution in [2.75, 3.05) is 34.4 Å². The molecule has 1 aliphatic heterocycles. The van der Waals surface area contributed by atoms with Gasteiger partial charge in [-0.25, -0.2) is 9.97 Å². The number of nitrogens with zero attached hydrogens (tertiary/aromatic N) is 4. The van der Waals surface area contributed by atoms with Crippen molar-refractivity contribution in [2.24, 2.45) is 5.18 Å². The molecule has 2 unspecified atom stereocenters. The van der Waals surface area contributed by atoms with Crippen LogP contribution < -0.4 is 21.3 Å². The summed E-state index contributed by atoms with van der Waals surface area (Å²) in [6, 6.07) is 12.7. The summed E-state index contributed by atoms with van der Waals surface area (Å²) in [7, 11) is 0. The molecular formula is C24H23ClN7O2+. The molecule has 172 valence electrons. The van der Waals surface area contributed by atoms with Crippen molar-refractivity contribution in [3.05, 3.63) is 64.9 Å². The Kier molecular flexibility index (Phi) is 5.28. The molecule has 2 aliphatic rings. The molecule has 3 heterocycles. The molecular weight excluding hydrogens is 454 g/mol. The van der Waals surface area contributed by atoms with Gasteiger partial charge in [-0.2, -0.15) is 0 Å². The highest BCUT2D eigenvalue weighted by Crippen LogP contribution is 2.61. The molecule has 0 radical (unpaired) electrons. The van der Waals surface area contributed by atoms with Gasteiger partial charge in [-0.1, -0.05) is 17.7 Å². The predicted molar refractivity (Wildman–Crippen MR) is 134 cm³/mol. The van der Waals surface area contributed by atoms with Gasteiger partial charge < -0.3 is 16.4 Å². The van der Waals surface area contributed by atoms with E-state index < -0.39 is 5.54 Å². The smallest absolute Gasteiger partial charge is 0.227 e. The maximum Gasteiger partial charge on any atom is 0.227 e. The standard InChI is InChI=1S/C24H22ClN7O2/c1-13(33)32-19-6-8-20(27-9-10-28-21-7-5-18(31-34)23(26)30-21)29-22(19)15-4-3-14(25)11-16(15)17-12-24(17,32)2/h3-8,11,17H,2,9-10,12H2,1H3,(H3-,26,27,28,29,30,34)/p+1. The van der Waals surface area contributed by atoms with Crippen LogP contribution in [-0.4, -0.2) is 34.5 Å². The van der Waals surface area contributed by atoms with Crippen LogP contribution in [0.25, 0.3) is 11.3 Å². The lowest BCUT2D eigenvalue weighted by Crippen LogP contribution is -2.40. The Hall–Kier alpha value is -3.85. The average Bonchev–Trinajstić information content (AvgIpc) is 3.49. The van der Waals surface area contributed by atoms with Crippen molar-refractivity contribution >= 4 is 46.3 Å². The minimum atomic E-state index is -0.527. The fraction of sp³-hybridized carbons (Fsp3) is 0.250. The summed E-state index contributed by atoms with van der Waals surface area (Å²) in [5.74, 6) is 1.35. The monoisotopic (exact) mass is 476 g/mol. The predicted octanol–water partition coefficient (Wildman–Crippen LogP) is 4.73. The number of hydrogen-bond donors (Lipinski definition) is 3. The molecule has 1 aliphatic carbocycles. The van der Waals surface area contributed by atoms with E-state index in [4.69, 9.17) is 22.3 Å². The molecule has 3 aromatic rings. The second-order valence-corrected chi connectivity index (χ2v) is 8.99. The zero-order valence-electron chi connectivity index (χ0n) is 18.5. The third-order valence-corrected chi connectivity index (χ3v) is 6.54. The van der Waals surface area contributed by atoms with Crippen molar-refractivity contribution in [3.8, 4) is 11.3 Å². The third-order valence-electron chi connectivity index (χ3n) is 6.30. The van der Waals surface area contributed by atoms with E-state index in [2.05, 4.69) is 27.7 Å². The van der Waals surface area contributed by atoms with E-state index >= 15 is 0 Å². The number of benzene rings is 1. The summed E-state index contributed by atoms with van der Waals surface area (Å²) in [6.45, 7) is 7.04. The SMILES string of the molecule is [CH2+]C12CC1c1cc(Cl)ccc1-c1nc(NCCNc3ccc(N=O)c(N)n3)ccc1N2C(C)=O. The Bertz CT molecular complexity index is 1310. The van der Waals surface area contributed by atoms with Gasteiger partial charge in [0.1, 0.15) is 17.3 Å². The fourth-order valence-electron chi connectivity index (χ4n) is 4.65. The van der Waals surface area contributed by atoms with Gasteiger partial charge in [0.25, 0.3) is 0 Å². The first-order valence-corrected chi connectivity index (χ1v) is 11.2. The Labute approximate surface area is 201 Å². The van der Waals surface area contributed by atoms with Gasteiger partial charge in [-0.05, 0) is 47.1 Å². The second kappa shape index (κ2) is 8.18. The number of halogens is 1. The molecule has 1 amide bonds.